The number of hydrogen-bond donors (Lipinski definition) is 2. The molecule has 0 saturated carbocycles. The van der Waals surface area contributed by atoms with Crippen LogP contribution in [0.25, 0.3) is 0 Å². The molecule has 0 aromatic carbocycles. The fourth-order valence-corrected chi connectivity index (χ4v) is 4.08. The van der Waals surface area contributed by atoms with Gasteiger partial charge in [0.25, 0.3) is 0 Å². The summed E-state index contributed by atoms with van der Waals surface area (Å²) in [5, 5.41) is 6.68. The highest BCUT2D eigenvalue weighted by Gasteiger charge is 2.27. The normalized spacial score (nSPS) is 17.1. The zero-order valence-electron chi connectivity index (χ0n) is 17.0. The van der Waals surface area contributed by atoms with Crippen molar-refractivity contribution in [2.75, 3.05) is 52.6 Å². The Kier molecular flexibility index (Phi) is 12.3. The molecule has 1 fully saturated rings. The van der Waals surface area contributed by atoms with E-state index in [0.717, 1.165) is 18.9 Å². The van der Waals surface area contributed by atoms with E-state index < -0.39 is 10.0 Å². The molecule has 0 spiro atoms. The second-order valence-corrected chi connectivity index (χ2v) is 9.30. The summed E-state index contributed by atoms with van der Waals surface area (Å²) in [5.74, 6) is 0.771. The fraction of sp³-hybridized carbons (Fsp3) is 0.941. The van der Waals surface area contributed by atoms with Gasteiger partial charge in [0.2, 0.25) is 10.0 Å². The van der Waals surface area contributed by atoms with Crippen molar-refractivity contribution in [2.45, 2.75) is 52.0 Å². The van der Waals surface area contributed by atoms with Crippen LogP contribution in [-0.4, -0.2) is 81.7 Å². The molecule has 0 amide bonds. The van der Waals surface area contributed by atoms with Crippen molar-refractivity contribution in [1.29, 1.82) is 0 Å². The number of halogens is 1. The highest BCUT2D eigenvalue weighted by Crippen LogP contribution is 2.19. The largest absolute Gasteiger partial charge is 0.356 e. The summed E-state index contributed by atoms with van der Waals surface area (Å²) in [7, 11) is -1.35. The number of sulfonamides is 1. The Hall–Kier alpha value is -0.130. The van der Waals surface area contributed by atoms with Gasteiger partial charge in [-0.15, -0.1) is 24.0 Å². The molecule has 7 nitrogen and oxygen atoms in total. The summed E-state index contributed by atoms with van der Waals surface area (Å²) in [5.41, 5.74) is 0.0906. The molecule has 1 aliphatic rings. The van der Waals surface area contributed by atoms with Crippen molar-refractivity contribution in [3.05, 3.63) is 0 Å². The number of rotatable bonds is 9. The Morgan fingerprint density at radius 3 is 2.31 bits per heavy atom. The van der Waals surface area contributed by atoms with Crippen LogP contribution in [0.4, 0.5) is 0 Å². The van der Waals surface area contributed by atoms with Crippen molar-refractivity contribution in [2.24, 2.45) is 4.99 Å². The number of nitrogens with one attached hydrogen (secondary N) is 2. The molecule has 0 radical (unpaired) electrons. The predicted octanol–water partition coefficient (Wildman–Crippen LogP) is 1.71. The highest BCUT2D eigenvalue weighted by molar-refractivity contribution is 14.0. The Bertz CT molecular complexity index is 519. The summed E-state index contributed by atoms with van der Waals surface area (Å²) in [4.78, 5) is 6.81. The standard InChI is InChI=1S/C17H37N5O2S.HI/c1-6-22(25(5,23)24)14-10-11-19-16(18-4)20-15-17(2,3)21-12-8-7-9-13-21;/h6-15H2,1-5H3,(H2,18,19,20);1H. The Balaban J connectivity index is 0.00000625. The van der Waals surface area contributed by atoms with E-state index in [1.54, 1.807) is 7.05 Å². The number of hydrogen-bond acceptors (Lipinski definition) is 4. The lowest BCUT2D eigenvalue weighted by Crippen LogP contribution is -2.55. The molecule has 0 aliphatic carbocycles. The summed E-state index contributed by atoms with van der Waals surface area (Å²) < 4.78 is 24.6. The maximum Gasteiger partial charge on any atom is 0.211 e. The van der Waals surface area contributed by atoms with E-state index in [-0.39, 0.29) is 29.5 Å². The van der Waals surface area contributed by atoms with Crippen LogP contribution >= 0.6 is 24.0 Å². The van der Waals surface area contributed by atoms with Gasteiger partial charge >= 0.3 is 0 Å². The van der Waals surface area contributed by atoms with Crippen molar-refractivity contribution >= 4 is 40.0 Å². The second-order valence-electron chi connectivity index (χ2n) is 7.32. The Labute approximate surface area is 177 Å². The Morgan fingerprint density at radius 2 is 1.81 bits per heavy atom. The maximum absolute atomic E-state index is 11.6. The lowest BCUT2D eigenvalue weighted by molar-refractivity contribution is 0.0982. The average Bonchev–Trinajstić information content (AvgIpc) is 2.57. The van der Waals surface area contributed by atoms with Gasteiger partial charge in [0.15, 0.2) is 5.96 Å². The fourth-order valence-electron chi connectivity index (χ4n) is 3.15. The first-order chi connectivity index (χ1) is 11.7. The third kappa shape index (κ3) is 9.18. The van der Waals surface area contributed by atoms with Crippen LogP contribution in [0.3, 0.4) is 0 Å². The summed E-state index contributed by atoms with van der Waals surface area (Å²) in [6, 6.07) is 0. The minimum atomic E-state index is -3.11. The van der Waals surface area contributed by atoms with Gasteiger partial charge in [0.05, 0.1) is 6.26 Å². The van der Waals surface area contributed by atoms with E-state index in [0.29, 0.717) is 19.6 Å². The first-order valence-corrected chi connectivity index (χ1v) is 11.2. The number of likely N-dealkylation sites (tertiary alicyclic amines) is 1. The summed E-state index contributed by atoms with van der Waals surface area (Å²) >= 11 is 0. The van der Waals surface area contributed by atoms with Crippen LogP contribution < -0.4 is 10.6 Å². The van der Waals surface area contributed by atoms with Crippen molar-refractivity contribution < 1.29 is 8.42 Å². The molecule has 2 N–H and O–H groups in total. The number of piperidine rings is 1. The van der Waals surface area contributed by atoms with E-state index in [1.165, 1.54) is 42.9 Å². The van der Waals surface area contributed by atoms with Crippen molar-refractivity contribution in [1.82, 2.24) is 19.8 Å². The smallest absolute Gasteiger partial charge is 0.211 e. The van der Waals surface area contributed by atoms with E-state index >= 15 is 0 Å². The van der Waals surface area contributed by atoms with Crippen LogP contribution in [-0.2, 0) is 10.0 Å². The minimum Gasteiger partial charge on any atom is -0.356 e. The van der Waals surface area contributed by atoms with Gasteiger partial charge in [-0.25, -0.2) is 12.7 Å². The van der Waals surface area contributed by atoms with Gasteiger partial charge in [-0.3, -0.25) is 9.89 Å². The van der Waals surface area contributed by atoms with Crippen LogP contribution in [0, 0.1) is 0 Å². The van der Waals surface area contributed by atoms with Crippen molar-refractivity contribution in [3.63, 3.8) is 0 Å². The van der Waals surface area contributed by atoms with Crippen LogP contribution in [0.1, 0.15) is 46.5 Å². The van der Waals surface area contributed by atoms with Gasteiger partial charge < -0.3 is 10.6 Å². The topological polar surface area (TPSA) is 77.0 Å². The average molecular weight is 503 g/mol. The minimum absolute atomic E-state index is 0. The van der Waals surface area contributed by atoms with Gasteiger partial charge in [-0.2, -0.15) is 0 Å². The van der Waals surface area contributed by atoms with E-state index in [9.17, 15) is 8.42 Å². The molecule has 1 heterocycles. The molecule has 156 valence electrons. The number of nitrogens with zero attached hydrogens (tertiary/aromatic N) is 3. The van der Waals surface area contributed by atoms with Crippen LogP contribution in [0.5, 0.6) is 0 Å². The highest BCUT2D eigenvalue weighted by atomic mass is 127. The van der Waals surface area contributed by atoms with Crippen LogP contribution in [0.15, 0.2) is 4.99 Å². The molecular formula is C17H38IN5O2S. The first kappa shape index (κ1) is 25.9. The van der Waals surface area contributed by atoms with Gasteiger partial charge in [-0.1, -0.05) is 13.3 Å². The first-order valence-electron chi connectivity index (χ1n) is 9.35. The summed E-state index contributed by atoms with van der Waals surface area (Å²) in [6.45, 7) is 11.3. The lowest BCUT2D eigenvalue weighted by Gasteiger charge is -2.41. The molecule has 1 saturated heterocycles. The van der Waals surface area contributed by atoms with Crippen LogP contribution in [0.2, 0.25) is 0 Å². The number of guanidine groups is 1. The zero-order valence-corrected chi connectivity index (χ0v) is 20.2. The molecule has 26 heavy (non-hydrogen) atoms. The Morgan fingerprint density at radius 1 is 1.19 bits per heavy atom. The van der Waals surface area contributed by atoms with Gasteiger partial charge in [-0.05, 0) is 46.2 Å². The molecule has 0 aromatic rings. The molecule has 0 atom stereocenters. The maximum atomic E-state index is 11.6. The van der Waals surface area contributed by atoms with E-state index in [2.05, 4.69) is 34.4 Å². The van der Waals surface area contributed by atoms with E-state index in [4.69, 9.17) is 0 Å². The molecule has 0 aromatic heterocycles. The molecule has 1 aliphatic heterocycles. The molecular weight excluding hydrogens is 465 g/mol. The third-order valence-corrected chi connectivity index (χ3v) is 6.20. The number of aliphatic imine (C=N–C) groups is 1. The van der Waals surface area contributed by atoms with Crippen molar-refractivity contribution in [3.8, 4) is 0 Å². The monoisotopic (exact) mass is 503 g/mol. The lowest BCUT2D eigenvalue weighted by atomic mass is 9.98. The third-order valence-electron chi connectivity index (χ3n) is 4.82. The predicted molar refractivity (Wildman–Crippen MR) is 121 cm³/mol. The molecule has 1 rings (SSSR count). The van der Waals surface area contributed by atoms with E-state index in [1.807, 2.05) is 6.92 Å². The quantitative estimate of drug-likeness (QED) is 0.217. The molecule has 0 unspecified atom stereocenters. The van der Waals surface area contributed by atoms with Gasteiger partial charge in [0.1, 0.15) is 0 Å². The molecule has 0 bridgehead atoms. The second kappa shape index (κ2) is 12.4. The summed E-state index contributed by atoms with van der Waals surface area (Å²) in [6.07, 6.45) is 5.91. The molecule has 9 heteroatoms. The zero-order chi connectivity index (χ0) is 18.9. The van der Waals surface area contributed by atoms with Gasteiger partial charge in [0, 0.05) is 38.8 Å². The SMILES string of the molecule is CCN(CCCNC(=NC)NCC(C)(C)N1CCCCC1)S(C)(=O)=O.I.